The summed E-state index contributed by atoms with van der Waals surface area (Å²) in [5, 5.41) is 14.2. The summed E-state index contributed by atoms with van der Waals surface area (Å²) in [6, 6.07) is 15.7. The van der Waals surface area contributed by atoms with E-state index in [0.29, 0.717) is 16.3 Å². The predicted molar refractivity (Wildman–Crippen MR) is 130 cm³/mol. The molecule has 2 heterocycles. The van der Waals surface area contributed by atoms with Gasteiger partial charge in [-0.3, -0.25) is 24.0 Å². The number of nitro groups is 1. The molecule has 0 fully saturated rings. The highest BCUT2D eigenvalue weighted by molar-refractivity contribution is 7.98. The number of nitro benzene ring substituents is 1. The van der Waals surface area contributed by atoms with Crippen molar-refractivity contribution >= 4 is 28.8 Å². The fraction of sp³-hybridized carbons (Fsp3) is 0.174. The van der Waals surface area contributed by atoms with Crippen molar-refractivity contribution in [2.24, 2.45) is 7.05 Å². The van der Waals surface area contributed by atoms with E-state index >= 15 is 0 Å². The summed E-state index contributed by atoms with van der Waals surface area (Å²) < 4.78 is 2.76. The molecule has 4 aromatic rings. The normalized spacial score (nSPS) is 11.0. The van der Waals surface area contributed by atoms with Crippen molar-refractivity contribution in [2.75, 3.05) is 0 Å². The molecular formula is C23H20N4O4S2. The highest BCUT2D eigenvalue weighted by Crippen LogP contribution is 2.28. The molecule has 0 spiro atoms. The minimum absolute atomic E-state index is 0.0307. The second-order valence-electron chi connectivity index (χ2n) is 7.37. The second-order valence-corrected chi connectivity index (χ2v) is 9.27. The van der Waals surface area contributed by atoms with Gasteiger partial charge in [0.05, 0.1) is 27.9 Å². The van der Waals surface area contributed by atoms with Crippen molar-refractivity contribution in [3.05, 3.63) is 107 Å². The first-order chi connectivity index (χ1) is 15.8. The molecule has 33 heavy (non-hydrogen) atoms. The van der Waals surface area contributed by atoms with E-state index in [9.17, 15) is 19.7 Å². The Bertz CT molecular complexity index is 1390. The van der Waals surface area contributed by atoms with Crippen molar-refractivity contribution in [1.29, 1.82) is 0 Å². The van der Waals surface area contributed by atoms with E-state index < -0.39 is 4.92 Å². The van der Waals surface area contributed by atoms with E-state index in [1.165, 1.54) is 44.4 Å². The van der Waals surface area contributed by atoms with Gasteiger partial charge >= 0.3 is 5.69 Å². The number of nitrogens with zero attached hydrogens (tertiary/aromatic N) is 4. The summed E-state index contributed by atoms with van der Waals surface area (Å²) in [6.45, 7) is 1.96. The van der Waals surface area contributed by atoms with Crippen LogP contribution in [0.1, 0.15) is 16.1 Å². The van der Waals surface area contributed by atoms with Crippen molar-refractivity contribution in [1.82, 2.24) is 14.1 Å². The molecule has 2 aromatic heterocycles. The zero-order chi connectivity index (χ0) is 23.5. The van der Waals surface area contributed by atoms with Crippen molar-refractivity contribution < 1.29 is 4.92 Å². The number of thioether (sulfide) groups is 1. The third-order valence-corrected chi connectivity index (χ3v) is 7.45. The smallest absolute Gasteiger partial charge is 0.291 e. The highest BCUT2D eigenvalue weighted by Gasteiger charge is 2.16. The second kappa shape index (κ2) is 9.55. The maximum atomic E-state index is 12.9. The molecule has 0 amide bonds. The average molecular weight is 481 g/mol. The molecule has 2 aromatic carbocycles. The van der Waals surface area contributed by atoms with E-state index in [2.05, 4.69) is 4.98 Å². The van der Waals surface area contributed by atoms with Crippen LogP contribution in [-0.2, 0) is 19.3 Å². The Labute approximate surface area is 197 Å². The molecule has 4 rings (SSSR count). The van der Waals surface area contributed by atoms with Gasteiger partial charge < -0.3 is 0 Å². The number of non-ortho nitro benzene ring substituents is 1. The Morgan fingerprint density at radius 1 is 1.09 bits per heavy atom. The topological polar surface area (TPSA) is 100 Å². The molecule has 0 atom stereocenters. The van der Waals surface area contributed by atoms with Crippen LogP contribution < -0.4 is 11.2 Å². The van der Waals surface area contributed by atoms with E-state index in [1.54, 1.807) is 26.1 Å². The Morgan fingerprint density at radius 2 is 1.79 bits per heavy atom. The number of hydrogen-bond acceptors (Lipinski definition) is 7. The van der Waals surface area contributed by atoms with Gasteiger partial charge in [-0.25, -0.2) is 9.78 Å². The lowest BCUT2D eigenvalue weighted by Crippen LogP contribution is -2.41. The Balaban J connectivity index is 1.54. The number of hydrogen-bond donors (Lipinski definition) is 0. The van der Waals surface area contributed by atoms with Gasteiger partial charge in [0.25, 0.3) is 11.2 Å². The lowest BCUT2D eigenvalue weighted by molar-refractivity contribution is -0.384. The van der Waals surface area contributed by atoms with Crippen LogP contribution in [0.4, 0.5) is 5.69 Å². The van der Waals surface area contributed by atoms with Crippen molar-refractivity contribution in [3.63, 3.8) is 0 Å². The predicted octanol–water partition coefficient (Wildman–Crippen LogP) is 4.23. The van der Waals surface area contributed by atoms with Gasteiger partial charge in [0.15, 0.2) is 0 Å². The van der Waals surface area contributed by atoms with Gasteiger partial charge in [-0.15, -0.1) is 23.1 Å². The van der Waals surface area contributed by atoms with E-state index in [1.807, 2.05) is 35.7 Å². The zero-order valence-electron chi connectivity index (χ0n) is 17.9. The SMILES string of the molecule is Cc1c(SCc2nc(-c3ccc([N+](=O)[O-])cc3)cs2)n(C)c(=O)n(Cc2ccccc2)c1=O. The molecule has 0 aliphatic carbocycles. The molecule has 8 nitrogen and oxygen atoms in total. The van der Waals surface area contributed by atoms with Crippen molar-refractivity contribution in [3.8, 4) is 11.3 Å². The van der Waals surface area contributed by atoms with Crippen LogP contribution >= 0.6 is 23.1 Å². The third-order valence-electron chi connectivity index (χ3n) is 5.15. The average Bonchev–Trinajstić information content (AvgIpc) is 3.30. The first-order valence-electron chi connectivity index (χ1n) is 10.0. The largest absolute Gasteiger partial charge is 0.331 e. The quantitative estimate of drug-likeness (QED) is 0.170. The van der Waals surface area contributed by atoms with E-state index in [0.717, 1.165) is 21.8 Å². The molecule has 0 saturated heterocycles. The first kappa shape index (κ1) is 22.7. The van der Waals surface area contributed by atoms with Crippen LogP contribution in [0.25, 0.3) is 11.3 Å². The zero-order valence-corrected chi connectivity index (χ0v) is 19.6. The molecule has 0 aliphatic heterocycles. The Hall–Kier alpha value is -3.50. The highest BCUT2D eigenvalue weighted by atomic mass is 32.2. The molecule has 0 bridgehead atoms. The van der Waals surface area contributed by atoms with Gasteiger partial charge in [0.2, 0.25) is 0 Å². The van der Waals surface area contributed by atoms with Crippen LogP contribution in [-0.4, -0.2) is 19.0 Å². The summed E-state index contributed by atoms with van der Waals surface area (Å²) in [5.74, 6) is 0.494. The van der Waals surface area contributed by atoms with E-state index in [-0.39, 0.29) is 23.5 Å². The van der Waals surface area contributed by atoms with E-state index in [4.69, 9.17) is 0 Å². The Morgan fingerprint density at radius 3 is 2.45 bits per heavy atom. The van der Waals surface area contributed by atoms with Gasteiger partial charge in [-0.1, -0.05) is 30.3 Å². The first-order valence-corrected chi connectivity index (χ1v) is 11.9. The van der Waals surface area contributed by atoms with Gasteiger partial charge in [0, 0.05) is 35.7 Å². The number of aromatic nitrogens is 3. The van der Waals surface area contributed by atoms with Crippen molar-refractivity contribution in [2.45, 2.75) is 24.2 Å². The monoisotopic (exact) mass is 480 g/mol. The number of rotatable bonds is 7. The maximum Gasteiger partial charge on any atom is 0.331 e. The molecule has 0 N–H and O–H groups in total. The summed E-state index contributed by atoms with van der Waals surface area (Å²) in [6.07, 6.45) is 0. The fourth-order valence-electron chi connectivity index (χ4n) is 3.40. The number of benzene rings is 2. The summed E-state index contributed by atoms with van der Waals surface area (Å²) in [4.78, 5) is 40.8. The molecule has 0 saturated carbocycles. The molecule has 10 heteroatoms. The van der Waals surface area contributed by atoms with Gasteiger partial charge in [-0.2, -0.15) is 0 Å². The molecule has 0 radical (unpaired) electrons. The minimum Gasteiger partial charge on any atom is -0.291 e. The lowest BCUT2D eigenvalue weighted by Gasteiger charge is -2.14. The van der Waals surface area contributed by atoms with Crippen LogP contribution in [0.2, 0.25) is 0 Å². The molecule has 0 unspecified atom stereocenters. The van der Waals surface area contributed by atoms with Crippen LogP contribution in [0, 0.1) is 17.0 Å². The van der Waals surface area contributed by atoms with Crippen LogP contribution in [0.5, 0.6) is 0 Å². The van der Waals surface area contributed by atoms with Gasteiger partial charge in [0.1, 0.15) is 5.01 Å². The van der Waals surface area contributed by atoms with Gasteiger partial charge in [-0.05, 0) is 24.6 Å². The fourth-order valence-corrected chi connectivity index (χ4v) is 5.34. The summed E-state index contributed by atoms with van der Waals surface area (Å²) in [7, 11) is 1.67. The Kier molecular flexibility index (Phi) is 6.57. The third kappa shape index (κ3) is 4.81. The molecule has 168 valence electrons. The standard InChI is InChI=1S/C23H20N4O4S2/c1-15-21(28)26(12-16-6-4-3-5-7-16)23(29)25(2)22(15)33-14-20-24-19(13-32-20)17-8-10-18(11-9-17)27(30)31/h3-11,13H,12,14H2,1-2H3. The summed E-state index contributed by atoms with van der Waals surface area (Å²) in [5.41, 5.74) is 2.30. The van der Waals surface area contributed by atoms with Crippen LogP contribution in [0.15, 0.2) is 74.6 Å². The van der Waals surface area contributed by atoms with Crippen LogP contribution in [0.3, 0.4) is 0 Å². The maximum absolute atomic E-state index is 12.9. The molecule has 0 aliphatic rings. The molecular weight excluding hydrogens is 460 g/mol. The minimum atomic E-state index is -0.437. The summed E-state index contributed by atoms with van der Waals surface area (Å²) >= 11 is 2.86. The number of thiazole rings is 1. The lowest BCUT2D eigenvalue weighted by atomic mass is 10.1.